The monoisotopic (exact) mass is 294 g/mol. The zero-order chi connectivity index (χ0) is 15.0. The van der Waals surface area contributed by atoms with Gasteiger partial charge in [0.25, 0.3) is 5.91 Å². The van der Waals surface area contributed by atoms with Gasteiger partial charge in [0.15, 0.2) is 0 Å². The highest BCUT2D eigenvalue weighted by molar-refractivity contribution is 7.80. The van der Waals surface area contributed by atoms with Crippen LogP contribution < -0.4 is 10.5 Å². The maximum absolute atomic E-state index is 12.1. The van der Waals surface area contributed by atoms with E-state index in [9.17, 15) is 4.79 Å². The Kier molecular flexibility index (Phi) is 7.01. The molecular formula is C15H22N2O2S. The van der Waals surface area contributed by atoms with Gasteiger partial charge >= 0.3 is 0 Å². The van der Waals surface area contributed by atoms with Gasteiger partial charge in [-0.2, -0.15) is 0 Å². The van der Waals surface area contributed by atoms with Crippen LogP contribution in [0.1, 0.15) is 36.5 Å². The van der Waals surface area contributed by atoms with E-state index < -0.39 is 0 Å². The van der Waals surface area contributed by atoms with E-state index in [0.29, 0.717) is 30.1 Å². The van der Waals surface area contributed by atoms with Crippen LogP contribution in [0, 0.1) is 0 Å². The van der Waals surface area contributed by atoms with Gasteiger partial charge in [-0.15, -0.1) is 0 Å². The van der Waals surface area contributed by atoms with Gasteiger partial charge in [0.2, 0.25) is 0 Å². The molecule has 1 aromatic carbocycles. The number of hydrogen-bond donors (Lipinski definition) is 1. The first kappa shape index (κ1) is 16.4. The van der Waals surface area contributed by atoms with Crippen molar-refractivity contribution in [2.24, 2.45) is 5.73 Å². The molecule has 0 fully saturated rings. The summed E-state index contributed by atoms with van der Waals surface area (Å²) >= 11 is 4.81. The third-order valence-electron chi connectivity index (χ3n) is 2.91. The number of hydrogen-bond acceptors (Lipinski definition) is 3. The minimum atomic E-state index is -0.0404. The number of nitrogens with two attached hydrogens (primary N) is 1. The van der Waals surface area contributed by atoms with Crippen molar-refractivity contribution < 1.29 is 9.53 Å². The molecule has 0 bridgehead atoms. The maximum Gasteiger partial charge on any atom is 0.253 e. The summed E-state index contributed by atoms with van der Waals surface area (Å²) in [6.45, 7) is 3.36. The Labute approximate surface area is 125 Å². The Hall–Kier alpha value is -1.62. The van der Waals surface area contributed by atoms with Crippen LogP contribution in [0.15, 0.2) is 24.3 Å². The molecule has 0 radical (unpaired) electrons. The first-order chi connectivity index (χ1) is 9.54. The normalized spacial score (nSPS) is 10.1. The predicted molar refractivity (Wildman–Crippen MR) is 85.2 cm³/mol. The molecule has 0 aromatic heterocycles. The van der Waals surface area contributed by atoms with Crippen molar-refractivity contribution in [2.75, 3.05) is 20.2 Å². The average Bonchev–Trinajstić information content (AvgIpc) is 2.45. The van der Waals surface area contributed by atoms with Gasteiger partial charge < -0.3 is 15.4 Å². The van der Waals surface area contributed by atoms with E-state index in [1.807, 2.05) is 12.1 Å². The topological polar surface area (TPSA) is 55.6 Å². The number of carbonyl (C=O) groups excluding carboxylic acids is 1. The summed E-state index contributed by atoms with van der Waals surface area (Å²) in [5.74, 6) is 0.752. The van der Waals surface area contributed by atoms with Crippen molar-refractivity contribution >= 4 is 23.1 Å². The summed E-state index contributed by atoms with van der Waals surface area (Å²) in [6, 6.07) is 7.20. The fourth-order valence-corrected chi connectivity index (χ4v) is 1.72. The van der Waals surface area contributed by atoms with Crippen LogP contribution in [-0.2, 0) is 0 Å². The molecule has 110 valence electrons. The smallest absolute Gasteiger partial charge is 0.253 e. The zero-order valence-electron chi connectivity index (χ0n) is 12.1. The van der Waals surface area contributed by atoms with E-state index in [1.165, 1.54) is 0 Å². The molecular weight excluding hydrogens is 272 g/mol. The van der Waals surface area contributed by atoms with Crippen LogP contribution in [0.25, 0.3) is 0 Å². The predicted octanol–water partition coefficient (Wildman–Crippen LogP) is 2.61. The zero-order valence-corrected chi connectivity index (χ0v) is 12.9. The molecule has 0 spiro atoms. The maximum atomic E-state index is 12.1. The fourth-order valence-electron chi connectivity index (χ4n) is 1.63. The summed E-state index contributed by atoms with van der Waals surface area (Å²) < 4.78 is 5.56. The van der Waals surface area contributed by atoms with E-state index >= 15 is 0 Å². The van der Waals surface area contributed by atoms with E-state index in [-0.39, 0.29) is 5.91 Å². The Morgan fingerprint density at radius 3 is 2.55 bits per heavy atom. The highest BCUT2D eigenvalue weighted by Gasteiger charge is 2.11. The van der Waals surface area contributed by atoms with Gasteiger partial charge in [-0.05, 0) is 30.7 Å². The first-order valence-corrected chi connectivity index (χ1v) is 7.22. The molecule has 0 aliphatic heterocycles. The molecule has 0 heterocycles. The second-order valence-corrected chi connectivity index (χ2v) is 5.19. The highest BCUT2D eigenvalue weighted by Crippen LogP contribution is 2.14. The summed E-state index contributed by atoms with van der Waals surface area (Å²) in [5, 5.41) is 0. The van der Waals surface area contributed by atoms with Crippen LogP contribution >= 0.6 is 12.2 Å². The van der Waals surface area contributed by atoms with Crippen LogP contribution in [0.3, 0.4) is 0 Å². The fraction of sp³-hybridized carbons (Fsp3) is 0.467. The molecule has 1 amide bonds. The first-order valence-electron chi connectivity index (χ1n) is 6.81. The van der Waals surface area contributed by atoms with Crippen molar-refractivity contribution in [2.45, 2.75) is 26.2 Å². The number of ether oxygens (including phenoxy) is 1. The highest BCUT2D eigenvalue weighted by atomic mass is 32.1. The second kappa shape index (κ2) is 8.53. The number of unbranched alkanes of at least 4 members (excludes halogenated alkanes) is 1. The van der Waals surface area contributed by atoms with Gasteiger partial charge in [0, 0.05) is 25.6 Å². The third-order valence-corrected chi connectivity index (χ3v) is 3.11. The van der Waals surface area contributed by atoms with Gasteiger partial charge in [0.05, 0.1) is 11.6 Å². The van der Waals surface area contributed by atoms with Crippen molar-refractivity contribution in [1.82, 2.24) is 4.90 Å². The Balaban J connectivity index is 2.54. The molecule has 0 saturated carbocycles. The summed E-state index contributed by atoms with van der Waals surface area (Å²) in [6.07, 6.45) is 2.67. The third kappa shape index (κ3) is 5.57. The van der Waals surface area contributed by atoms with Crippen molar-refractivity contribution in [3.05, 3.63) is 29.8 Å². The van der Waals surface area contributed by atoms with E-state index in [1.54, 1.807) is 24.1 Å². The summed E-state index contributed by atoms with van der Waals surface area (Å²) in [4.78, 5) is 14.2. The molecule has 1 aromatic rings. The lowest BCUT2D eigenvalue weighted by Gasteiger charge is -2.17. The number of thiocarbonyl (C=S) groups is 1. The molecule has 0 aliphatic rings. The Morgan fingerprint density at radius 1 is 1.35 bits per heavy atom. The minimum Gasteiger partial charge on any atom is -0.494 e. The average molecular weight is 294 g/mol. The number of carbonyl (C=O) groups is 1. The lowest BCUT2D eigenvalue weighted by atomic mass is 10.2. The van der Waals surface area contributed by atoms with Crippen molar-refractivity contribution in [1.29, 1.82) is 0 Å². The molecule has 0 atom stereocenters. The molecule has 20 heavy (non-hydrogen) atoms. The van der Waals surface area contributed by atoms with Crippen molar-refractivity contribution in [3.63, 3.8) is 0 Å². The van der Waals surface area contributed by atoms with E-state index in [0.717, 1.165) is 18.6 Å². The molecule has 0 aliphatic carbocycles. The van der Waals surface area contributed by atoms with E-state index in [2.05, 4.69) is 6.92 Å². The van der Waals surface area contributed by atoms with E-state index in [4.69, 9.17) is 22.7 Å². The Morgan fingerprint density at radius 2 is 2.00 bits per heavy atom. The van der Waals surface area contributed by atoms with Crippen LogP contribution in [0.2, 0.25) is 0 Å². The number of benzene rings is 1. The molecule has 4 nitrogen and oxygen atoms in total. The molecule has 0 saturated heterocycles. The van der Waals surface area contributed by atoms with Crippen LogP contribution in [0.5, 0.6) is 5.75 Å². The van der Waals surface area contributed by atoms with Gasteiger partial charge in [-0.3, -0.25) is 4.79 Å². The summed E-state index contributed by atoms with van der Waals surface area (Å²) in [5.41, 5.74) is 6.07. The number of rotatable bonds is 8. The van der Waals surface area contributed by atoms with Gasteiger partial charge in [-0.25, -0.2) is 0 Å². The van der Waals surface area contributed by atoms with Crippen LogP contribution in [-0.4, -0.2) is 36.0 Å². The van der Waals surface area contributed by atoms with Crippen LogP contribution in [0.4, 0.5) is 0 Å². The molecule has 5 heteroatoms. The lowest BCUT2D eigenvalue weighted by molar-refractivity contribution is 0.0799. The van der Waals surface area contributed by atoms with Gasteiger partial charge in [-0.1, -0.05) is 25.6 Å². The second-order valence-electron chi connectivity index (χ2n) is 4.67. The number of nitrogens with zero attached hydrogens (tertiary/aromatic N) is 1. The molecule has 1 rings (SSSR count). The standard InChI is InChI=1S/C15H22N2O2S/c1-3-4-11-19-13-7-5-12(6-8-13)15(18)17(2)10-9-14(16)20/h5-8H,3-4,9-11H2,1-2H3,(H2,16,20). The molecule has 0 unspecified atom stereocenters. The number of amides is 1. The van der Waals surface area contributed by atoms with Gasteiger partial charge in [0.1, 0.15) is 5.75 Å². The minimum absolute atomic E-state index is 0.0404. The Bertz CT molecular complexity index is 446. The molecule has 2 N–H and O–H groups in total. The SMILES string of the molecule is CCCCOc1ccc(C(=O)N(C)CCC(N)=S)cc1. The largest absolute Gasteiger partial charge is 0.494 e. The summed E-state index contributed by atoms with van der Waals surface area (Å²) in [7, 11) is 1.74. The quantitative estimate of drug-likeness (QED) is 0.591. The lowest BCUT2D eigenvalue weighted by Crippen LogP contribution is -2.29. The van der Waals surface area contributed by atoms with Crippen molar-refractivity contribution in [3.8, 4) is 5.75 Å².